The fourth-order valence-electron chi connectivity index (χ4n) is 5.03. The molecule has 0 aliphatic carbocycles. The molecule has 0 saturated carbocycles. The van der Waals surface area contributed by atoms with Gasteiger partial charge < -0.3 is 47.7 Å². The molecule has 1 aromatic carbocycles. The smallest absolute Gasteiger partial charge is 0.326 e. The number of hydrogen-bond donors (Lipinski definition) is 7. The summed E-state index contributed by atoms with van der Waals surface area (Å²) in [6, 6.07) is 5.23. The van der Waals surface area contributed by atoms with Crippen LogP contribution in [0.3, 0.4) is 0 Å². The van der Waals surface area contributed by atoms with E-state index in [4.69, 9.17) is 27.0 Å². The van der Waals surface area contributed by atoms with E-state index in [9.17, 15) is 29.1 Å². The maximum atomic E-state index is 13.9. The van der Waals surface area contributed by atoms with Gasteiger partial charge in [0.2, 0.25) is 17.7 Å². The number of methoxy groups -OCH3 is 1. The van der Waals surface area contributed by atoms with Crippen LogP contribution in [0.25, 0.3) is 0 Å². The van der Waals surface area contributed by atoms with E-state index in [-0.39, 0.29) is 44.1 Å². The lowest BCUT2D eigenvalue weighted by atomic mass is 9.93. The third kappa shape index (κ3) is 11.9. The Morgan fingerprint density at radius 3 is 2.40 bits per heavy atom. The van der Waals surface area contributed by atoms with Crippen molar-refractivity contribution < 1.29 is 38.9 Å². The predicted molar refractivity (Wildman–Crippen MR) is 157 cm³/mol. The highest BCUT2D eigenvalue weighted by molar-refractivity contribution is 5.90. The van der Waals surface area contributed by atoms with Crippen molar-refractivity contribution in [1.29, 1.82) is 0 Å². The van der Waals surface area contributed by atoms with Gasteiger partial charge in [0.25, 0.3) is 0 Å². The number of aliphatic carboxylic acids is 2. The summed E-state index contributed by atoms with van der Waals surface area (Å²) >= 11 is 0. The number of piperidine rings is 1. The van der Waals surface area contributed by atoms with E-state index < -0.39 is 60.4 Å². The first-order valence-electron chi connectivity index (χ1n) is 14.1. The molecule has 0 radical (unpaired) electrons. The first-order valence-corrected chi connectivity index (χ1v) is 14.1. The largest absolute Gasteiger partial charge is 0.481 e. The van der Waals surface area contributed by atoms with Gasteiger partial charge >= 0.3 is 11.9 Å². The Morgan fingerprint density at radius 2 is 1.79 bits per heavy atom. The summed E-state index contributed by atoms with van der Waals surface area (Å²) in [5, 5.41) is 23.2. The maximum absolute atomic E-state index is 13.9. The van der Waals surface area contributed by atoms with Crippen molar-refractivity contribution in [2.24, 2.45) is 22.2 Å². The molecular weight excluding hydrogens is 562 g/mol. The van der Waals surface area contributed by atoms with Crippen molar-refractivity contribution in [3.63, 3.8) is 0 Å². The van der Waals surface area contributed by atoms with E-state index >= 15 is 0 Å². The number of amides is 3. The van der Waals surface area contributed by atoms with Crippen LogP contribution in [-0.4, -0.2) is 101 Å². The van der Waals surface area contributed by atoms with Crippen LogP contribution < -0.4 is 27.8 Å². The van der Waals surface area contributed by atoms with Gasteiger partial charge in [-0.2, -0.15) is 0 Å². The zero-order chi connectivity index (χ0) is 31.9. The Hall–Kier alpha value is -4.24. The maximum Gasteiger partial charge on any atom is 0.326 e. The zero-order valence-electron chi connectivity index (χ0n) is 24.3. The van der Waals surface area contributed by atoms with Crippen molar-refractivity contribution in [2.45, 2.75) is 81.6 Å². The van der Waals surface area contributed by atoms with Crippen molar-refractivity contribution >= 4 is 35.6 Å². The molecule has 2 rings (SSSR count). The Labute approximate surface area is 250 Å². The summed E-state index contributed by atoms with van der Waals surface area (Å²) in [6.07, 6.45) is 0.865. The molecule has 43 heavy (non-hydrogen) atoms. The summed E-state index contributed by atoms with van der Waals surface area (Å²) in [4.78, 5) is 67.5. The first-order chi connectivity index (χ1) is 20.4. The topological polar surface area (TPSA) is 253 Å². The number of carboxylic acid groups (broad SMARTS) is 2. The molecule has 238 valence electrons. The fraction of sp³-hybridized carbons (Fsp3) is 0.571. The number of rotatable bonds is 17. The second-order valence-electron chi connectivity index (χ2n) is 10.4. The molecule has 1 aliphatic heterocycles. The monoisotopic (exact) mass is 605 g/mol. The number of ether oxygens (including phenoxy) is 1. The molecular formula is C28H43N7O8. The van der Waals surface area contributed by atoms with Crippen LogP contribution in [0.2, 0.25) is 0 Å². The molecule has 3 amide bonds. The van der Waals surface area contributed by atoms with Gasteiger partial charge in [0, 0.05) is 26.6 Å². The summed E-state index contributed by atoms with van der Waals surface area (Å²) in [7, 11) is 1.50. The molecule has 1 saturated heterocycles. The van der Waals surface area contributed by atoms with Crippen molar-refractivity contribution in [1.82, 2.24) is 15.5 Å². The normalized spacial score (nSPS) is 18.5. The summed E-state index contributed by atoms with van der Waals surface area (Å²) in [5.74, 6) is -4.49. The van der Waals surface area contributed by atoms with Gasteiger partial charge in [0.1, 0.15) is 12.1 Å². The molecule has 10 N–H and O–H groups in total. The van der Waals surface area contributed by atoms with E-state index in [1.807, 2.05) is 30.3 Å². The lowest BCUT2D eigenvalue weighted by Gasteiger charge is -2.42. The molecule has 15 heteroatoms. The van der Waals surface area contributed by atoms with Crippen molar-refractivity contribution in [3.8, 4) is 0 Å². The van der Waals surface area contributed by atoms with Crippen LogP contribution in [-0.2, 0) is 35.1 Å². The van der Waals surface area contributed by atoms with E-state index in [1.165, 1.54) is 7.11 Å². The summed E-state index contributed by atoms with van der Waals surface area (Å²) < 4.78 is 5.63. The van der Waals surface area contributed by atoms with Crippen LogP contribution in [0.1, 0.15) is 50.5 Å². The van der Waals surface area contributed by atoms with Gasteiger partial charge in [-0.25, -0.2) is 4.79 Å². The Morgan fingerprint density at radius 1 is 1.09 bits per heavy atom. The minimum Gasteiger partial charge on any atom is -0.481 e. The van der Waals surface area contributed by atoms with Gasteiger partial charge in [-0.15, -0.1) is 0 Å². The number of nitrogens with two attached hydrogens (primary N) is 3. The highest BCUT2D eigenvalue weighted by Gasteiger charge is 2.38. The molecule has 1 aromatic rings. The Kier molecular flexibility index (Phi) is 14.4. The van der Waals surface area contributed by atoms with E-state index in [1.54, 1.807) is 4.90 Å². The molecule has 5 atom stereocenters. The van der Waals surface area contributed by atoms with Crippen molar-refractivity contribution in [2.75, 3.05) is 20.2 Å². The van der Waals surface area contributed by atoms with Gasteiger partial charge in [0.15, 0.2) is 5.96 Å². The Bertz CT molecular complexity index is 1130. The SMILES string of the molecule is CO[C@@H]1CCCN(C(=O)[C@H](CCCN=C(N)N)NC(=O)[C@@H](N)Cc2ccccc2)[C@@H]1CCC(=O)N[C@@H](CC(=O)O)C(=O)O. The predicted octanol–water partition coefficient (Wildman–Crippen LogP) is -1.07. The molecule has 1 heterocycles. The van der Waals surface area contributed by atoms with Crippen LogP contribution in [0.15, 0.2) is 35.3 Å². The van der Waals surface area contributed by atoms with E-state index in [0.29, 0.717) is 25.8 Å². The second kappa shape index (κ2) is 17.7. The van der Waals surface area contributed by atoms with Crippen LogP contribution in [0.5, 0.6) is 0 Å². The second-order valence-corrected chi connectivity index (χ2v) is 10.4. The average molecular weight is 606 g/mol. The zero-order valence-corrected chi connectivity index (χ0v) is 24.3. The number of likely N-dealkylation sites (tertiary alicyclic amines) is 1. The number of nitrogens with zero attached hydrogens (tertiary/aromatic N) is 2. The number of benzene rings is 1. The number of carbonyl (C=O) groups excluding carboxylic acids is 3. The molecule has 0 aromatic heterocycles. The lowest BCUT2D eigenvalue weighted by molar-refractivity contribution is -0.147. The van der Waals surface area contributed by atoms with Gasteiger partial charge in [0.05, 0.1) is 24.6 Å². The fourth-order valence-corrected chi connectivity index (χ4v) is 5.03. The number of aliphatic imine (C=N–C) groups is 1. The molecule has 0 unspecified atom stereocenters. The molecule has 0 spiro atoms. The average Bonchev–Trinajstić information content (AvgIpc) is 2.96. The third-order valence-corrected chi connectivity index (χ3v) is 7.18. The first kappa shape index (κ1) is 35.0. The van der Waals surface area contributed by atoms with E-state index in [0.717, 1.165) is 5.56 Å². The molecule has 1 aliphatic rings. The number of nitrogens with one attached hydrogen (secondary N) is 2. The third-order valence-electron chi connectivity index (χ3n) is 7.18. The number of carbonyl (C=O) groups is 5. The Balaban J connectivity index is 2.18. The quantitative estimate of drug-likeness (QED) is 0.0639. The summed E-state index contributed by atoms with van der Waals surface area (Å²) in [6.45, 7) is 0.585. The van der Waals surface area contributed by atoms with Crippen LogP contribution in [0, 0.1) is 0 Å². The number of hydrogen-bond acceptors (Lipinski definition) is 8. The van der Waals surface area contributed by atoms with Gasteiger partial charge in [-0.05, 0) is 44.1 Å². The summed E-state index contributed by atoms with van der Waals surface area (Å²) in [5.41, 5.74) is 17.9. The highest BCUT2D eigenvalue weighted by atomic mass is 16.5. The van der Waals surface area contributed by atoms with Crippen LogP contribution in [0.4, 0.5) is 0 Å². The van der Waals surface area contributed by atoms with Gasteiger partial charge in [-0.1, -0.05) is 30.3 Å². The van der Waals surface area contributed by atoms with E-state index in [2.05, 4.69) is 15.6 Å². The molecule has 0 bridgehead atoms. The van der Waals surface area contributed by atoms with Gasteiger partial charge in [-0.3, -0.25) is 24.2 Å². The molecule has 1 fully saturated rings. The standard InChI is InChI=1S/C28H43N7O8/c1-43-22-10-6-14-35(21(22)11-12-23(36)33-20(27(41)42)16-24(37)38)26(40)19(9-5-13-32-28(30)31)34-25(39)18(29)15-17-7-3-2-4-8-17/h2-4,7-8,18-22H,5-6,9-16,29H2,1H3,(H,33,36)(H,34,39)(H,37,38)(H,41,42)(H4,30,31,32)/t18-,19-,20-,21+,22+/m0/s1. The molecule has 15 nitrogen and oxygen atoms in total. The van der Waals surface area contributed by atoms with Crippen molar-refractivity contribution in [3.05, 3.63) is 35.9 Å². The highest BCUT2D eigenvalue weighted by Crippen LogP contribution is 2.25. The lowest BCUT2D eigenvalue weighted by Crippen LogP contribution is -2.59. The number of carboxylic acids is 2. The number of guanidine groups is 1. The minimum absolute atomic E-state index is 0.0948. The van der Waals surface area contributed by atoms with Crippen LogP contribution >= 0.6 is 0 Å². The minimum atomic E-state index is -1.59.